The van der Waals surface area contributed by atoms with Crippen molar-refractivity contribution < 1.29 is 4.74 Å². The molecule has 23 heavy (non-hydrogen) atoms. The van der Waals surface area contributed by atoms with E-state index in [1.807, 2.05) is 7.05 Å². The molecule has 2 N–H and O–H groups in total. The molecule has 126 valence electrons. The van der Waals surface area contributed by atoms with Crippen LogP contribution in [-0.4, -0.2) is 31.8 Å². The van der Waals surface area contributed by atoms with Crippen molar-refractivity contribution in [2.24, 2.45) is 16.3 Å². The van der Waals surface area contributed by atoms with Crippen molar-refractivity contribution in [1.82, 2.24) is 10.6 Å². The first kappa shape index (κ1) is 16.8. The Bertz CT molecular complexity index is 614. The molecule has 1 aromatic rings. The largest absolute Gasteiger partial charge is 0.377 e. The number of hydrogen-bond acceptors (Lipinski definition) is 2. The molecule has 5 heteroatoms. The molecule has 3 atom stereocenters. The second-order valence-corrected chi connectivity index (χ2v) is 8.10. The minimum absolute atomic E-state index is 0.159. The average Bonchev–Trinajstić information content (AvgIpc) is 2.96. The molecule has 0 radical (unpaired) electrons. The van der Waals surface area contributed by atoms with Gasteiger partial charge in [0.1, 0.15) is 0 Å². The van der Waals surface area contributed by atoms with Gasteiger partial charge in [-0.1, -0.05) is 35.8 Å². The van der Waals surface area contributed by atoms with Gasteiger partial charge in [-0.3, -0.25) is 4.99 Å². The lowest BCUT2D eigenvalue weighted by Gasteiger charge is -2.54. The smallest absolute Gasteiger partial charge is 0.191 e. The number of halogens is 1. The average molecular weight is 380 g/mol. The van der Waals surface area contributed by atoms with Crippen molar-refractivity contribution in [1.29, 1.82) is 0 Å². The standard InChI is InChI=1S/C18H26BrN3O/c1-11-9-13(19)6-5-12(11)10-21-17(20-4)22-15-14-7-8-23-16(14)18(15,2)3/h5-6,9,14-16H,7-8,10H2,1-4H3,(H2,20,21,22). The summed E-state index contributed by atoms with van der Waals surface area (Å²) in [4.78, 5) is 4.40. The molecule has 1 aromatic carbocycles. The number of benzene rings is 1. The summed E-state index contributed by atoms with van der Waals surface area (Å²) >= 11 is 3.51. The molecular formula is C18H26BrN3O. The van der Waals surface area contributed by atoms with E-state index in [1.54, 1.807) is 0 Å². The topological polar surface area (TPSA) is 45.7 Å². The Morgan fingerprint density at radius 2 is 2.22 bits per heavy atom. The van der Waals surface area contributed by atoms with Gasteiger partial charge in [0.15, 0.2) is 5.96 Å². The molecular weight excluding hydrogens is 354 g/mol. The number of ether oxygens (including phenoxy) is 1. The fourth-order valence-electron chi connectivity index (χ4n) is 4.00. The van der Waals surface area contributed by atoms with Crippen molar-refractivity contribution in [2.45, 2.75) is 45.9 Å². The van der Waals surface area contributed by atoms with Gasteiger partial charge < -0.3 is 15.4 Å². The summed E-state index contributed by atoms with van der Waals surface area (Å²) in [5.41, 5.74) is 2.72. The fraction of sp³-hybridized carbons (Fsp3) is 0.611. The summed E-state index contributed by atoms with van der Waals surface area (Å²) in [7, 11) is 1.83. The van der Waals surface area contributed by atoms with Crippen LogP contribution in [0, 0.1) is 18.3 Å². The number of aliphatic imine (C=N–C) groups is 1. The first-order valence-corrected chi connectivity index (χ1v) is 9.06. The zero-order valence-electron chi connectivity index (χ0n) is 14.3. The van der Waals surface area contributed by atoms with Crippen molar-refractivity contribution in [3.05, 3.63) is 33.8 Å². The van der Waals surface area contributed by atoms with Gasteiger partial charge in [-0.05, 0) is 36.6 Å². The van der Waals surface area contributed by atoms with Crippen LogP contribution in [0.3, 0.4) is 0 Å². The predicted octanol–water partition coefficient (Wildman–Crippen LogP) is 3.24. The molecule has 0 bridgehead atoms. The molecule has 0 amide bonds. The van der Waals surface area contributed by atoms with Crippen molar-refractivity contribution in [3.8, 4) is 0 Å². The highest BCUT2D eigenvalue weighted by molar-refractivity contribution is 9.10. The quantitative estimate of drug-likeness (QED) is 0.625. The van der Waals surface area contributed by atoms with Crippen molar-refractivity contribution >= 4 is 21.9 Å². The Morgan fingerprint density at radius 1 is 1.43 bits per heavy atom. The Morgan fingerprint density at radius 3 is 2.91 bits per heavy atom. The highest BCUT2D eigenvalue weighted by Gasteiger charge is 2.59. The first-order valence-electron chi connectivity index (χ1n) is 8.27. The van der Waals surface area contributed by atoms with Crippen molar-refractivity contribution in [2.75, 3.05) is 13.7 Å². The van der Waals surface area contributed by atoms with Crippen LogP contribution < -0.4 is 10.6 Å². The molecule has 1 heterocycles. The van der Waals surface area contributed by atoms with E-state index in [4.69, 9.17) is 4.74 Å². The molecule has 0 aromatic heterocycles. The van der Waals surface area contributed by atoms with E-state index < -0.39 is 0 Å². The van der Waals surface area contributed by atoms with Gasteiger partial charge >= 0.3 is 0 Å². The minimum Gasteiger partial charge on any atom is -0.377 e. The Hall–Kier alpha value is -1.07. The molecule has 1 aliphatic heterocycles. The van der Waals surface area contributed by atoms with E-state index in [0.29, 0.717) is 18.1 Å². The fourth-order valence-corrected chi connectivity index (χ4v) is 4.47. The van der Waals surface area contributed by atoms with Crippen LogP contribution in [0.1, 0.15) is 31.4 Å². The van der Waals surface area contributed by atoms with Gasteiger partial charge in [-0.15, -0.1) is 0 Å². The maximum Gasteiger partial charge on any atom is 0.191 e. The van der Waals surface area contributed by atoms with Gasteiger partial charge in [0.25, 0.3) is 0 Å². The number of aryl methyl sites for hydroxylation is 1. The molecule has 4 nitrogen and oxygen atoms in total. The van der Waals surface area contributed by atoms with Crippen LogP contribution in [0.5, 0.6) is 0 Å². The van der Waals surface area contributed by atoms with Crippen LogP contribution >= 0.6 is 15.9 Å². The van der Waals surface area contributed by atoms with Crippen LogP contribution in [0.2, 0.25) is 0 Å². The third kappa shape index (κ3) is 3.13. The Labute approximate surface area is 147 Å². The lowest BCUT2D eigenvalue weighted by molar-refractivity contribution is -0.106. The first-order chi connectivity index (χ1) is 10.9. The molecule has 2 aliphatic rings. The van der Waals surface area contributed by atoms with Crippen LogP contribution in [0.4, 0.5) is 0 Å². The summed E-state index contributed by atoms with van der Waals surface area (Å²) in [5, 5.41) is 7.06. The van der Waals surface area contributed by atoms with Crippen molar-refractivity contribution in [3.63, 3.8) is 0 Å². The second-order valence-electron chi connectivity index (χ2n) is 7.18. The van der Waals surface area contributed by atoms with Gasteiger partial charge in [0, 0.05) is 42.0 Å². The van der Waals surface area contributed by atoms with E-state index in [0.717, 1.165) is 30.0 Å². The van der Waals surface area contributed by atoms with Gasteiger partial charge in [0.2, 0.25) is 0 Å². The normalized spacial score (nSPS) is 28.9. The maximum atomic E-state index is 5.86. The maximum absolute atomic E-state index is 5.86. The van der Waals surface area contributed by atoms with Gasteiger partial charge in [-0.25, -0.2) is 0 Å². The van der Waals surface area contributed by atoms with E-state index in [9.17, 15) is 0 Å². The van der Waals surface area contributed by atoms with Gasteiger partial charge in [0.05, 0.1) is 6.10 Å². The van der Waals surface area contributed by atoms with E-state index >= 15 is 0 Å². The number of nitrogens with one attached hydrogen (secondary N) is 2. The molecule has 1 saturated carbocycles. The van der Waals surface area contributed by atoms with Crippen LogP contribution in [0.15, 0.2) is 27.7 Å². The van der Waals surface area contributed by atoms with E-state index in [2.05, 4.69) is 70.5 Å². The Balaban J connectivity index is 1.61. The number of guanidine groups is 1. The predicted molar refractivity (Wildman–Crippen MR) is 97.6 cm³/mol. The molecule has 1 aliphatic carbocycles. The third-order valence-corrected chi connectivity index (χ3v) is 5.86. The summed E-state index contributed by atoms with van der Waals surface area (Å²) < 4.78 is 6.98. The highest BCUT2D eigenvalue weighted by atomic mass is 79.9. The lowest BCUT2D eigenvalue weighted by atomic mass is 9.57. The highest BCUT2D eigenvalue weighted by Crippen LogP contribution is 2.52. The molecule has 3 rings (SSSR count). The summed E-state index contributed by atoms with van der Waals surface area (Å²) in [6.07, 6.45) is 1.54. The second kappa shape index (κ2) is 6.44. The lowest BCUT2D eigenvalue weighted by Crippen LogP contribution is -2.67. The van der Waals surface area contributed by atoms with E-state index in [-0.39, 0.29) is 5.41 Å². The third-order valence-electron chi connectivity index (χ3n) is 5.37. The monoisotopic (exact) mass is 379 g/mol. The van der Waals surface area contributed by atoms with Gasteiger partial charge in [-0.2, -0.15) is 0 Å². The number of fused-ring (bicyclic) bond motifs is 1. The SMILES string of the molecule is CN=C(NCc1ccc(Br)cc1C)NC1C2CCOC2C1(C)C. The molecule has 3 unspecified atom stereocenters. The zero-order chi connectivity index (χ0) is 16.6. The molecule has 0 spiro atoms. The number of nitrogens with zero attached hydrogens (tertiary/aromatic N) is 1. The zero-order valence-corrected chi connectivity index (χ0v) is 15.9. The number of hydrogen-bond donors (Lipinski definition) is 2. The molecule has 2 fully saturated rings. The minimum atomic E-state index is 0.159. The summed E-state index contributed by atoms with van der Waals surface area (Å²) in [6, 6.07) is 6.79. The number of rotatable bonds is 3. The van der Waals surface area contributed by atoms with Crippen LogP contribution in [0.25, 0.3) is 0 Å². The van der Waals surface area contributed by atoms with Crippen LogP contribution in [-0.2, 0) is 11.3 Å². The summed E-state index contributed by atoms with van der Waals surface area (Å²) in [6.45, 7) is 8.36. The Kier molecular flexibility index (Phi) is 4.70. The van der Waals surface area contributed by atoms with E-state index in [1.165, 1.54) is 11.1 Å². The summed E-state index contributed by atoms with van der Waals surface area (Å²) in [5.74, 6) is 1.48. The molecule has 1 saturated heterocycles.